The monoisotopic (exact) mass is 278 g/mol. The molecule has 102 valence electrons. The van der Waals surface area contributed by atoms with Crippen LogP contribution in [-0.4, -0.2) is 42.0 Å². The fourth-order valence-electron chi connectivity index (χ4n) is 1.64. The molecule has 2 heterocycles. The lowest BCUT2D eigenvalue weighted by Crippen LogP contribution is -2.21. The molecule has 0 aliphatic rings. The summed E-state index contributed by atoms with van der Waals surface area (Å²) >= 11 is 1.64. The van der Waals surface area contributed by atoms with Crippen molar-refractivity contribution in [3.63, 3.8) is 0 Å². The van der Waals surface area contributed by atoms with Crippen molar-refractivity contribution in [1.29, 1.82) is 0 Å². The summed E-state index contributed by atoms with van der Waals surface area (Å²) in [4.78, 5) is 4.18. The summed E-state index contributed by atoms with van der Waals surface area (Å²) in [5.41, 5.74) is 2.08. The number of hydrogen-bond donors (Lipinski definition) is 1. The van der Waals surface area contributed by atoms with Crippen LogP contribution >= 0.6 is 11.3 Å². The Bertz CT molecular complexity index is 515. The maximum atomic E-state index is 4.97. The Labute approximate surface area is 117 Å². The van der Waals surface area contributed by atoms with E-state index in [4.69, 9.17) is 4.74 Å². The minimum absolute atomic E-state index is 0.734. The summed E-state index contributed by atoms with van der Waals surface area (Å²) in [5.74, 6) is 0. The van der Waals surface area contributed by atoms with Crippen molar-refractivity contribution in [2.24, 2.45) is 0 Å². The Kier molecular flexibility index (Phi) is 5.38. The van der Waals surface area contributed by atoms with Crippen LogP contribution in [0.15, 0.2) is 18.3 Å². The van der Waals surface area contributed by atoms with Gasteiger partial charge < -0.3 is 10.1 Å². The van der Waals surface area contributed by atoms with E-state index in [1.807, 2.05) is 19.1 Å². The lowest BCUT2D eigenvalue weighted by atomic mass is 10.2. The molecule has 0 aromatic carbocycles. The number of nitrogens with one attached hydrogen (secondary N) is 1. The first-order valence-electron chi connectivity index (χ1n) is 6.24. The number of hydrogen-bond acceptors (Lipinski definition) is 6. The van der Waals surface area contributed by atoms with Crippen molar-refractivity contribution >= 4 is 11.3 Å². The van der Waals surface area contributed by atoms with E-state index >= 15 is 0 Å². The predicted octanol–water partition coefficient (Wildman–Crippen LogP) is 1.69. The van der Waals surface area contributed by atoms with Gasteiger partial charge in [0.2, 0.25) is 0 Å². The van der Waals surface area contributed by atoms with Crippen LogP contribution in [0.4, 0.5) is 0 Å². The molecule has 0 amide bonds. The van der Waals surface area contributed by atoms with Gasteiger partial charge in [-0.1, -0.05) is 11.3 Å². The van der Waals surface area contributed by atoms with Crippen LogP contribution in [0, 0.1) is 6.92 Å². The van der Waals surface area contributed by atoms with Crippen LogP contribution in [0.1, 0.15) is 10.7 Å². The van der Waals surface area contributed by atoms with E-state index in [0.29, 0.717) is 0 Å². The Balaban J connectivity index is 1.88. The third-order valence-corrected chi connectivity index (χ3v) is 3.64. The molecule has 6 heteroatoms. The minimum Gasteiger partial charge on any atom is -0.383 e. The molecule has 0 aliphatic heterocycles. The van der Waals surface area contributed by atoms with E-state index in [0.717, 1.165) is 47.4 Å². The van der Waals surface area contributed by atoms with Gasteiger partial charge >= 0.3 is 0 Å². The van der Waals surface area contributed by atoms with Gasteiger partial charge in [0.25, 0.3) is 0 Å². The lowest BCUT2D eigenvalue weighted by molar-refractivity contribution is 0.199. The van der Waals surface area contributed by atoms with E-state index in [2.05, 4.69) is 20.5 Å². The fraction of sp³-hybridized carbons (Fsp3) is 0.462. The molecular formula is C13H18N4OS. The molecule has 2 aromatic heterocycles. The zero-order valence-corrected chi connectivity index (χ0v) is 12.0. The summed E-state index contributed by atoms with van der Waals surface area (Å²) < 4.78 is 4.97. The van der Waals surface area contributed by atoms with Gasteiger partial charge in [0.05, 0.1) is 6.61 Å². The molecule has 0 aliphatic carbocycles. The highest BCUT2D eigenvalue weighted by molar-refractivity contribution is 7.14. The van der Waals surface area contributed by atoms with Gasteiger partial charge in [-0.25, -0.2) is 0 Å². The molecule has 0 saturated heterocycles. The Morgan fingerprint density at radius 2 is 2.21 bits per heavy atom. The van der Waals surface area contributed by atoms with Crippen molar-refractivity contribution < 1.29 is 4.74 Å². The number of pyridine rings is 1. The second kappa shape index (κ2) is 7.28. The molecule has 2 aromatic rings. The minimum atomic E-state index is 0.734. The summed E-state index contributed by atoms with van der Waals surface area (Å²) in [7, 11) is 1.70. The van der Waals surface area contributed by atoms with Crippen LogP contribution in [-0.2, 0) is 11.2 Å². The standard InChI is InChI=1S/C13H18N4OS/c1-10-9-11(3-6-15-10)13-17-16-12(19-13)4-5-14-7-8-18-2/h3,6,9,14H,4-5,7-8H2,1-2H3. The number of rotatable bonds is 7. The van der Waals surface area contributed by atoms with Gasteiger partial charge in [0.1, 0.15) is 10.0 Å². The highest BCUT2D eigenvalue weighted by atomic mass is 32.1. The molecular weight excluding hydrogens is 260 g/mol. The fourth-order valence-corrected chi connectivity index (χ4v) is 2.48. The summed E-state index contributed by atoms with van der Waals surface area (Å²) in [5, 5.41) is 13.8. The summed E-state index contributed by atoms with van der Waals surface area (Å²) in [6.07, 6.45) is 2.70. The maximum absolute atomic E-state index is 4.97. The van der Waals surface area contributed by atoms with Crippen molar-refractivity contribution in [2.45, 2.75) is 13.3 Å². The van der Waals surface area contributed by atoms with Gasteiger partial charge in [-0.15, -0.1) is 10.2 Å². The molecule has 2 rings (SSSR count). The van der Waals surface area contributed by atoms with Crippen LogP contribution < -0.4 is 5.32 Å². The summed E-state index contributed by atoms with van der Waals surface area (Å²) in [6, 6.07) is 4.00. The molecule has 0 unspecified atom stereocenters. The molecule has 5 nitrogen and oxygen atoms in total. The number of nitrogens with zero attached hydrogens (tertiary/aromatic N) is 3. The lowest BCUT2D eigenvalue weighted by Gasteiger charge is -2.00. The number of methoxy groups -OCH3 is 1. The first-order chi connectivity index (χ1) is 9.29. The van der Waals surface area contributed by atoms with E-state index in [-0.39, 0.29) is 0 Å². The van der Waals surface area contributed by atoms with Crippen LogP contribution in [0.3, 0.4) is 0 Å². The van der Waals surface area contributed by atoms with Gasteiger partial charge in [-0.2, -0.15) is 0 Å². The number of aromatic nitrogens is 3. The van der Waals surface area contributed by atoms with Crippen molar-refractivity contribution in [2.75, 3.05) is 26.8 Å². The maximum Gasteiger partial charge on any atom is 0.147 e. The zero-order chi connectivity index (χ0) is 13.5. The molecule has 19 heavy (non-hydrogen) atoms. The van der Waals surface area contributed by atoms with Gasteiger partial charge in [-0.05, 0) is 19.1 Å². The Hall–Kier alpha value is -1.37. The van der Waals surface area contributed by atoms with Crippen LogP contribution in [0.2, 0.25) is 0 Å². The summed E-state index contributed by atoms with van der Waals surface area (Å²) in [6.45, 7) is 4.47. The second-order valence-electron chi connectivity index (χ2n) is 4.18. The predicted molar refractivity (Wildman–Crippen MR) is 76.3 cm³/mol. The molecule has 0 bridgehead atoms. The first-order valence-corrected chi connectivity index (χ1v) is 7.06. The average molecular weight is 278 g/mol. The number of ether oxygens (including phenoxy) is 1. The largest absolute Gasteiger partial charge is 0.383 e. The molecule has 0 spiro atoms. The average Bonchev–Trinajstić information content (AvgIpc) is 2.87. The highest BCUT2D eigenvalue weighted by Crippen LogP contribution is 2.23. The van der Waals surface area contributed by atoms with E-state index in [1.165, 1.54) is 0 Å². The topological polar surface area (TPSA) is 59.9 Å². The zero-order valence-electron chi connectivity index (χ0n) is 11.2. The first kappa shape index (κ1) is 14.0. The normalized spacial score (nSPS) is 10.8. The molecule has 1 N–H and O–H groups in total. The Morgan fingerprint density at radius 1 is 1.32 bits per heavy atom. The molecule has 0 saturated carbocycles. The van der Waals surface area contributed by atoms with E-state index in [9.17, 15) is 0 Å². The van der Waals surface area contributed by atoms with E-state index < -0.39 is 0 Å². The SMILES string of the molecule is COCCNCCc1nnc(-c2ccnc(C)c2)s1. The molecule has 0 fully saturated rings. The van der Waals surface area contributed by atoms with Gasteiger partial charge in [-0.3, -0.25) is 4.98 Å². The smallest absolute Gasteiger partial charge is 0.147 e. The third-order valence-electron chi connectivity index (χ3n) is 2.61. The van der Waals surface area contributed by atoms with E-state index in [1.54, 1.807) is 24.6 Å². The van der Waals surface area contributed by atoms with Crippen molar-refractivity contribution in [1.82, 2.24) is 20.5 Å². The van der Waals surface area contributed by atoms with Crippen molar-refractivity contribution in [3.8, 4) is 10.6 Å². The third kappa shape index (κ3) is 4.34. The quantitative estimate of drug-likeness (QED) is 0.781. The van der Waals surface area contributed by atoms with Gasteiger partial charge in [0, 0.05) is 44.1 Å². The van der Waals surface area contributed by atoms with Crippen LogP contribution in [0.25, 0.3) is 10.6 Å². The number of aryl methyl sites for hydroxylation is 1. The second-order valence-corrected chi connectivity index (χ2v) is 5.24. The Morgan fingerprint density at radius 3 is 3.00 bits per heavy atom. The molecule has 0 atom stereocenters. The highest BCUT2D eigenvalue weighted by Gasteiger charge is 2.06. The van der Waals surface area contributed by atoms with Crippen molar-refractivity contribution in [3.05, 3.63) is 29.0 Å². The van der Waals surface area contributed by atoms with Crippen LogP contribution in [0.5, 0.6) is 0 Å². The molecule has 0 radical (unpaired) electrons. The van der Waals surface area contributed by atoms with Gasteiger partial charge in [0.15, 0.2) is 0 Å².